The summed E-state index contributed by atoms with van der Waals surface area (Å²) in [6.45, 7) is 0. The summed E-state index contributed by atoms with van der Waals surface area (Å²) in [4.78, 5) is 0. The van der Waals surface area contributed by atoms with Gasteiger partial charge in [0.2, 0.25) is 0 Å². The Bertz CT molecular complexity index is 706. The molecule has 0 heterocycles. The Balaban J connectivity index is 0.000000127. The number of rotatable bonds is 0. The van der Waals surface area contributed by atoms with E-state index in [1.165, 1.54) is 54.4 Å². The molecule has 1 heteroatoms. The van der Waals surface area contributed by atoms with Crippen molar-refractivity contribution < 1.29 is 24.2 Å². The smallest absolute Gasteiger partial charge is 0.0253 e. The van der Waals surface area contributed by atoms with Crippen LogP contribution in [-0.2, 0) is 30.7 Å². The van der Waals surface area contributed by atoms with Crippen LogP contribution in [0.4, 0.5) is 0 Å². The maximum Gasteiger partial charge on any atom is -0.0253 e. The van der Waals surface area contributed by atoms with Gasteiger partial charge in [0, 0.05) is 0 Å². The molecule has 0 aliphatic heterocycles. The third-order valence-electron chi connectivity index (χ3n) is 4.66. The van der Waals surface area contributed by atoms with E-state index in [0.29, 0.717) is 0 Å². The molecule has 0 N–H and O–H groups in total. The summed E-state index contributed by atoms with van der Waals surface area (Å²) in [5, 5.41) is 0. The SMILES string of the molecule is [C-]1=CC=CC1.[Zr+2]=[C]1CCCCC1.[c-]1cccc2c1Cc1ccccc1-2. The van der Waals surface area contributed by atoms with Gasteiger partial charge in [-0.15, -0.1) is 12.0 Å². The second kappa shape index (κ2) is 9.98. The van der Waals surface area contributed by atoms with Gasteiger partial charge in [0.1, 0.15) is 0 Å². The van der Waals surface area contributed by atoms with Gasteiger partial charge in [0.05, 0.1) is 0 Å². The summed E-state index contributed by atoms with van der Waals surface area (Å²) in [6, 6.07) is 18.1. The zero-order valence-corrected chi connectivity index (χ0v) is 17.2. The molecule has 0 unspecified atom stereocenters. The van der Waals surface area contributed by atoms with Gasteiger partial charge < -0.3 is 0 Å². The molecule has 0 nitrogen and oxygen atoms in total. The third kappa shape index (κ3) is 5.58. The first kappa shape index (κ1) is 18.5. The van der Waals surface area contributed by atoms with E-state index in [2.05, 4.69) is 54.6 Å². The number of hydrogen-bond donors (Lipinski definition) is 0. The van der Waals surface area contributed by atoms with Crippen molar-refractivity contribution in [3.63, 3.8) is 0 Å². The van der Waals surface area contributed by atoms with Crippen molar-refractivity contribution >= 4 is 3.21 Å². The Morgan fingerprint density at radius 3 is 2.32 bits per heavy atom. The topological polar surface area (TPSA) is 0 Å². The first-order valence-electron chi connectivity index (χ1n) is 9.20. The molecular formula is C24H24Zr. The van der Waals surface area contributed by atoms with E-state index in [9.17, 15) is 0 Å². The summed E-state index contributed by atoms with van der Waals surface area (Å²) < 4.78 is 1.80. The monoisotopic (exact) mass is 402 g/mol. The Hall–Kier alpha value is -1.33. The van der Waals surface area contributed by atoms with Gasteiger partial charge in [-0.2, -0.15) is 35.9 Å². The molecule has 2 aromatic rings. The second-order valence-corrected chi connectivity index (χ2v) is 8.30. The first-order chi connectivity index (χ1) is 12.3. The summed E-state index contributed by atoms with van der Waals surface area (Å²) >= 11 is 1.69. The van der Waals surface area contributed by atoms with Crippen LogP contribution in [0.25, 0.3) is 11.1 Å². The summed E-state index contributed by atoms with van der Waals surface area (Å²) in [5.74, 6) is 0. The molecule has 3 aliphatic rings. The molecule has 1 fully saturated rings. The van der Waals surface area contributed by atoms with Gasteiger partial charge in [-0.25, -0.2) is 12.2 Å². The quantitative estimate of drug-likeness (QED) is 0.402. The molecule has 0 atom stereocenters. The van der Waals surface area contributed by atoms with Gasteiger partial charge in [0.25, 0.3) is 0 Å². The molecule has 1 saturated carbocycles. The van der Waals surface area contributed by atoms with Gasteiger partial charge in [-0.05, 0) is 6.42 Å². The minimum atomic E-state index is 1.01. The fourth-order valence-corrected chi connectivity index (χ4v) is 4.19. The van der Waals surface area contributed by atoms with Crippen LogP contribution in [0.5, 0.6) is 0 Å². The van der Waals surface area contributed by atoms with Crippen LogP contribution in [0.3, 0.4) is 0 Å². The van der Waals surface area contributed by atoms with Crippen LogP contribution in [-0.4, -0.2) is 3.21 Å². The summed E-state index contributed by atoms with van der Waals surface area (Å²) in [5.41, 5.74) is 5.51. The Kier molecular flexibility index (Phi) is 7.37. The molecular weight excluding hydrogens is 379 g/mol. The molecule has 0 saturated heterocycles. The molecule has 3 aliphatic carbocycles. The molecule has 2 aromatic carbocycles. The van der Waals surface area contributed by atoms with Gasteiger partial charge >= 0.3 is 59.5 Å². The van der Waals surface area contributed by atoms with E-state index in [-0.39, 0.29) is 0 Å². The number of benzene rings is 2. The van der Waals surface area contributed by atoms with Gasteiger partial charge in [-0.1, -0.05) is 35.4 Å². The van der Waals surface area contributed by atoms with Crippen LogP contribution in [0.15, 0.2) is 60.7 Å². The predicted octanol–water partition coefficient (Wildman–Crippen LogP) is 6.03. The molecule has 5 rings (SSSR count). The molecule has 124 valence electrons. The number of fused-ring (bicyclic) bond motifs is 3. The van der Waals surface area contributed by atoms with Crippen molar-refractivity contribution in [1.29, 1.82) is 0 Å². The van der Waals surface area contributed by atoms with Crippen LogP contribution in [0, 0.1) is 12.1 Å². The third-order valence-corrected chi connectivity index (χ3v) is 5.89. The van der Waals surface area contributed by atoms with Crippen LogP contribution in [0.1, 0.15) is 49.7 Å². The minimum Gasteiger partial charge on any atom is -0.179 e. The average Bonchev–Trinajstić information content (AvgIpc) is 3.34. The van der Waals surface area contributed by atoms with Crippen molar-refractivity contribution in [1.82, 2.24) is 0 Å². The summed E-state index contributed by atoms with van der Waals surface area (Å²) in [6.07, 6.45) is 18.4. The molecule has 0 bridgehead atoms. The number of allylic oxidation sites excluding steroid dienone is 4. The molecule has 0 spiro atoms. The predicted molar refractivity (Wildman–Crippen MR) is 103 cm³/mol. The van der Waals surface area contributed by atoms with Crippen molar-refractivity contribution in [2.45, 2.75) is 44.9 Å². The van der Waals surface area contributed by atoms with E-state index in [1.807, 2.05) is 18.2 Å². The van der Waals surface area contributed by atoms with Crippen LogP contribution >= 0.6 is 0 Å². The number of hydrogen-bond acceptors (Lipinski definition) is 0. The van der Waals surface area contributed by atoms with Crippen LogP contribution < -0.4 is 0 Å². The zero-order chi connectivity index (χ0) is 17.3. The Morgan fingerprint density at radius 1 is 0.880 bits per heavy atom. The van der Waals surface area contributed by atoms with Gasteiger partial charge in [0.15, 0.2) is 0 Å². The minimum absolute atomic E-state index is 1.01. The van der Waals surface area contributed by atoms with Crippen molar-refractivity contribution in [2.75, 3.05) is 0 Å². The fourth-order valence-electron chi connectivity index (χ4n) is 3.32. The van der Waals surface area contributed by atoms with E-state index in [0.717, 1.165) is 12.8 Å². The van der Waals surface area contributed by atoms with Crippen molar-refractivity contribution in [3.05, 3.63) is 84.0 Å². The first-order valence-corrected chi connectivity index (χ1v) is 10.4. The fraction of sp³-hybridized carbons (Fsp3) is 0.292. The van der Waals surface area contributed by atoms with Crippen molar-refractivity contribution in [3.8, 4) is 11.1 Å². The Morgan fingerprint density at radius 2 is 1.68 bits per heavy atom. The standard InChI is InChI=1S/C13H9.C6H10.C5H5.Zr/c1-3-7-12-10(5-1)9-11-6-2-4-8-13(11)12;1-2-4-6-5-3-1;1-2-4-5-3-1;/h1-5,7-8H,9H2;1-5H2;1-3H,4H2;/q-1;;-1;+2. The van der Waals surface area contributed by atoms with Crippen molar-refractivity contribution in [2.24, 2.45) is 0 Å². The maximum absolute atomic E-state index is 3.30. The molecule has 0 aromatic heterocycles. The van der Waals surface area contributed by atoms with E-state index in [4.69, 9.17) is 0 Å². The normalized spacial score (nSPS) is 16.3. The largest absolute Gasteiger partial charge is 0.179 e. The van der Waals surface area contributed by atoms with Crippen LogP contribution in [0.2, 0.25) is 0 Å². The summed E-state index contributed by atoms with van der Waals surface area (Å²) in [7, 11) is 0. The maximum atomic E-state index is 3.30. The molecule has 0 radical (unpaired) electrons. The molecule has 0 amide bonds. The second-order valence-electron chi connectivity index (χ2n) is 6.56. The average molecular weight is 404 g/mol. The zero-order valence-electron chi connectivity index (χ0n) is 14.7. The van der Waals surface area contributed by atoms with E-state index < -0.39 is 0 Å². The van der Waals surface area contributed by atoms with E-state index >= 15 is 0 Å². The van der Waals surface area contributed by atoms with E-state index in [1.54, 1.807) is 27.4 Å². The van der Waals surface area contributed by atoms with Gasteiger partial charge in [-0.3, -0.25) is 6.08 Å². The Labute approximate surface area is 167 Å². The molecule has 25 heavy (non-hydrogen) atoms.